The molecule has 0 aliphatic heterocycles. The Morgan fingerprint density at radius 1 is 1.43 bits per heavy atom. The van der Waals surface area contributed by atoms with Gasteiger partial charge >= 0.3 is 0 Å². The zero-order valence-corrected chi connectivity index (χ0v) is 14.6. The fourth-order valence-corrected chi connectivity index (χ4v) is 2.73. The Balaban J connectivity index is 1.90. The highest BCUT2D eigenvalue weighted by Crippen LogP contribution is 2.42. The second kappa shape index (κ2) is 6.73. The molecule has 128 valence electrons. The molecule has 4 nitrogen and oxygen atoms in total. The van der Waals surface area contributed by atoms with Crippen molar-refractivity contribution in [2.45, 2.75) is 51.2 Å². The highest BCUT2D eigenvalue weighted by atomic mass is 32.2. The summed E-state index contributed by atoms with van der Waals surface area (Å²) in [5.74, 6) is -2.24. The van der Waals surface area contributed by atoms with Crippen LogP contribution >= 0.6 is 0 Å². The van der Waals surface area contributed by atoms with E-state index in [9.17, 15) is 13.3 Å². The third-order valence-corrected chi connectivity index (χ3v) is 5.03. The van der Waals surface area contributed by atoms with Crippen LogP contribution in [0.25, 0.3) is 0 Å². The number of alkyl halides is 2. The fourth-order valence-electron chi connectivity index (χ4n) is 2.10. The summed E-state index contributed by atoms with van der Waals surface area (Å²) in [4.78, 5) is 4.15. The highest BCUT2D eigenvalue weighted by molar-refractivity contribution is 7.91. The quantitative estimate of drug-likeness (QED) is 0.603. The predicted molar refractivity (Wildman–Crippen MR) is 87.5 cm³/mol. The summed E-state index contributed by atoms with van der Waals surface area (Å²) in [6, 6.07) is 3.45. The van der Waals surface area contributed by atoms with Gasteiger partial charge in [-0.05, 0) is 33.8 Å². The first-order valence-corrected chi connectivity index (χ1v) is 8.62. The minimum absolute atomic E-state index is 0.107. The van der Waals surface area contributed by atoms with Gasteiger partial charge in [-0.3, -0.25) is 0 Å². The molecule has 1 unspecified atom stereocenters. The van der Waals surface area contributed by atoms with Gasteiger partial charge in [-0.15, -0.1) is 0 Å². The van der Waals surface area contributed by atoms with Gasteiger partial charge in [0.15, 0.2) is 0 Å². The lowest BCUT2D eigenvalue weighted by atomic mass is 9.82. The van der Waals surface area contributed by atoms with E-state index in [4.69, 9.17) is 4.74 Å². The van der Waals surface area contributed by atoms with Crippen LogP contribution < -0.4 is 4.74 Å². The van der Waals surface area contributed by atoms with E-state index in [1.54, 1.807) is 25.3 Å². The number of halogens is 2. The maximum absolute atomic E-state index is 12.7. The molecule has 1 aromatic rings. The van der Waals surface area contributed by atoms with Crippen LogP contribution in [0.1, 0.15) is 46.1 Å². The molecule has 1 heterocycles. The number of hydrogen-bond acceptors (Lipinski definition) is 4. The van der Waals surface area contributed by atoms with Gasteiger partial charge in [0.1, 0.15) is 16.1 Å². The lowest BCUT2D eigenvalue weighted by Gasteiger charge is -2.34. The smallest absolute Gasteiger partial charge is 0.248 e. The van der Waals surface area contributed by atoms with Gasteiger partial charge in [-0.25, -0.2) is 13.8 Å². The topological polar surface area (TPSA) is 57.5 Å². The zero-order chi connectivity index (χ0) is 17.3. The van der Waals surface area contributed by atoms with E-state index in [0.717, 1.165) is 5.56 Å². The monoisotopic (exact) mass is 344 g/mol. The second-order valence-corrected chi connectivity index (χ2v) is 8.77. The van der Waals surface area contributed by atoms with Crippen molar-refractivity contribution in [3.63, 3.8) is 0 Å². The average molecular weight is 344 g/mol. The molecule has 0 spiro atoms. The number of pyridine rings is 1. The van der Waals surface area contributed by atoms with Crippen molar-refractivity contribution in [3.05, 3.63) is 23.9 Å². The van der Waals surface area contributed by atoms with Crippen molar-refractivity contribution in [2.24, 2.45) is 10.3 Å². The van der Waals surface area contributed by atoms with Crippen molar-refractivity contribution in [1.29, 1.82) is 0 Å². The Morgan fingerprint density at radius 2 is 2.09 bits per heavy atom. The standard InChI is InChI=1S/C16H22F2N2O2S/c1-11(20-23(21)15(2,3)4)13-5-6-14(19-9-13)22-10-12-7-16(17,18)8-12/h5-6,9,12H,7-8,10H2,1-4H3. The average Bonchev–Trinajstić information content (AvgIpc) is 2.42. The second-order valence-electron chi connectivity index (χ2n) is 6.86. The maximum Gasteiger partial charge on any atom is 0.248 e. The SMILES string of the molecule is CC(=N[S+]([O-])C(C)(C)C)c1ccc(OCC2CC(F)(F)C2)nc1. The van der Waals surface area contributed by atoms with E-state index < -0.39 is 22.0 Å². The number of ether oxygens (including phenoxy) is 1. The largest absolute Gasteiger partial charge is 0.591 e. The van der Waals surface area contributed by atoms with E-state index in [0.29, 0.717) is 11.6 Å². The molecule has 0 bridgehead atoms. The molecule has 1 atom stereocenters. The van der Waals surface area contributed by atoms with E-state index >= 15 is 0 Å². The van der Waals surface area contributed by atoms with Crippen LogP contribution in [0, 0.1) is 5.92 Å². The van der Waals surface area contributed by atoms with E-state index in [-0.39, 0.29) is 25.4 Å². The minimum Gasteiger partial charge on any atom is -0.591 e. The van der Waals surface area contributed by atoms with E-state index in [1.807, 2.05) is 20.8 Å². The van der Waals surface area contributed by atoms with Crippen molar-refractivity contribution in [2.75, 3.05) is 6.61 Å². The van der Waals surface area contributed by atoms with Crippen LogP contribution in [0.2, 0.25) is 0 Å². The maximum atomic E-state index is 12.7. The van der Waals surface area contributed by atoms with E-state index in [1.165, 1.54) is 0 Å². The molecule has 1 aliphatic rings. The molecule has 1 fully saturated rings. The summed E-state index contributed by atoms with van der Waals surface area (Å²) in [5, 5.41) is 0. The predicted octanol–water partition coefficient (Wildman–Crippen LogP) is 3.78. The molecule has 0 radical (unpaired) electrons. The Morgan fingerprint density at radius 3 is 2.57 bits per heavy atom. The van der Waals surface area contributed by atoms with Crippen LogP contribution in [0.5, 0.6) is 5.88 Å². The zero-order valence-electron chi connectivity index (χ0n) is 13.8. The van der Waals surface area contributed by atoms with Crippen molar-refractivity contribution >= 4 is 17.1 Å². The molecular weight excluding hydrogens is 322 g/mol. The molecule has 2 rings (SSSR count). The first-order chi connectivity index (χ1) is 10.6. The van der Waals surface area contributed by atoms with Gasteiger partial charge in [-0.1, -0.05) is 4.40 Å². The summed E-state index contributed by atoms with van der Waals surface area (Å²) in [6.07, 6.45) is 1.36. The number of rotatable bonds is 5. The van der Waals surface area contributed by atoms with E-state index in [2.05, 4.69) is 9.38 Å². The normalized spacial score (nSPS) is 20.0. The number of hydrogen-bond donors (Lipinski definition) is 0. The summed E-state index contributed by atoms with van der Waals surface area (Å²) in [6.45, 7) is 7.61. The molecule has 1 aromatic heterocycles. The summed E-state index contributed by atoms with van der Waals surface area (Å²) in [5.41, 5.74) is 1.39. The van der Waals surface area contributed by atoms with Gasteiger partial charge < -0.3 is 9.29 Å². The van der Waals surface area contributed by atoms with Gasteiger partial charge in [0.05, 0.1) is 12.3 Å². The molecule has 0 saturated heterocycles. The molecule has 0 amide bonds. The lowest BCUT2D eigenvalue weighted by Crippen LogP contribution is -2.38. The molecule has 0 N–H and O–H groups in total. The molecule has 0 aromatic carbocycles. The summed E-state index contributed by atoms with van der Waals surface area (Å²) >= 11 is -1.33. The molecule has 1 aliphatic carbocycles. The van der Waals surface area contributed by atoms with Crippen LogP contribution in [0.15, 0.2) is 22.7 Å². The summed E-state index contributed by atoms with van der Waals surface area (Å²) < 4.78 is 46.7. The van der Waals surface area contributed by atoms with Crippen molar-refractivity contribution in [3.8, 4) is 5.88 Å². The van der Waals surface area contributed by atoms with Crippen LogP contribution in [0.3, 0.4) is 0 Å². The Hall–Kier alpha value is -1.21. The number of aromatic nitrogens is 1. The first kappa shape index (κ1) is 18.1. The van der Waals surface area contributed by atoms with Crippen molar-refractivity contribution < 1.29 is 18.1 Å². The van der Waals surface area contributed by atoms with Gasteiger partial charge in [0.25, 0.3) is 0 Å². The van der Waals surface area contributed by atoms with Gasteiger partial charge in [0, 0.05) is 36.6 Å². The number of nitrogens with zero attached hydrogens (tertiary/aromatic N) is 2. The molecule has 7 heteroatoms. The van der Waals surface area contributed by atoms with Crippen LogP contribution in [-0.2, 0) is 11.4 Å². The fraction of sp³-hybridized carbons (Fsp3) is 0.625. The summed E-state index contributed by atoms with van der Waals surface area (Å²) in [7, 11) is 0. The molecular formula is C16H22F2N2O2S. The van der Waals surface area contributed by atoms with Crippen LogP contribution in [0.4, 0.5) is 8.78 Å². The Bertz CT molecular complexity index is 562. The minimum atomic E-state index is -2.53. The third kappa shape index (κ3) is 5.14. The first-order valence-electron chi connectivity index (χ1n) is 7.51. The highest BCUT2D eigenvalue weighted by Gasteiger charge is 2.45. The molecule has 23 heavy (non-hydrogen) atoms. The van der Waals surface area contributed by atoms with Gasteiger partial charge in [0.2, 0.25) is 11.8 Å². The van der Waals surface area contributed by atoms with Crippen LogP contribution in [-0.4, -0.2) is 32.5 Å². The third-order valence-electron chi connectivity index (χ3n) is 3.54. The van der Waals surface area contributed by atoms with Gasteiger partial charge in [-0.2, -0.15) is 0 Å². The Kier molecular flexibility index (Phi) is 5.30. The Labute approximate surface area is 138 Å². The lowest BCUT2D eigenvalue weighted by molar-refractivity contribution is -0.119. The van der Waals surface area contributed by atoms with Crippen molar-refractivity contribution in [1.82, 2.24) is 4.98 Å². The molecule has 1 saturated carbocycles.